The molecule has 0 radical (unpaired) electrons. The van der Waals surface area contributed by atoms with Crippen molar-refractivity contribution in [2.75, 3.05) is 0 Å². The topological polar surface area (TPSA) is 63.6 Å². The van der Waals surface area contributed by atoms with Gasteiger partial charge in [-0.25, -0.2) is 8.78 Å². The first kappa shape index (κ1) is 31.1. The van der Waals surface area contributed by atoms with E-state index in [0.717, 1.165) is 22.3 Å². The summed E-state index contributed by atoms with van der Waals surface area (Å²) in [6.45, 7) is 13.6. The molecule has 6 heteroatoms. The average Bonchev–Trinajstić information content (AvgIpc) is 2.77. The fourth-order valence-corrected chi connectivity index (χ4v) is 4.71. The van der Waals surface area contributed by atoms with Gasteiger partial charge in [-0.05, 0) is 85.1 Å². The van der Waals surface area contributed by atoms with Crippen molar-refractivity contribution in [3.8, 4) is 0 Å². The molecule has 0 heterocycles. The number of halogens is 2. The molecule has 1 N–H and O–H groups in total. The number of hydrogen-bond acceptors (Lipinski definition) is 4. The minimum Gasteiger partial charge on any atom is -0.460 e. The standard InChI is InChI=1S/C32H40F2O4/c1-20(2)30(21(3)4)28(17-16-26(35)18-27(36)19-29(37)38-32(5,6)7)31(22-8-12-24(33)13-9-22)23-10-14-25(34)15-11-23/h8-17,20-21,26,30,35H,18-19H2,1-7H3. The van der Waals surface area contributed by atoms with Gasteiger partial charge in [0.25, 0.3) is 0 Å². The Balaban J connectivity index is 2.54. The Labute approximate surface area is 225 Å². The lowest BCUT2D eigenvalue weighted by molar-refractivity contribution is -0.156. The Morgan fingerprint density at radius 3 is 1.71 bits per heavy atom. The molecular formula is C32H40F2O4. The van der Waals surface area contributed by atoms with Crippen LogP contribution in [0.3, 0.4) is 0 Å². The Morgan fingerprint density at radius 1 is 0.868 bits per heavy atom. The lowest BCUT2D eigenvalue weighted by Gasteiger charge is -2.29. The Morgan fingerprint density at radius 2 is 1.32 bits per heavy atom. The van der Waals surface area contributed by atoms with Crippen molar-refractivity contribution in [1.29, 1.82) is 0 Å². The van der Waals surface area contributed by atoms with Crippen LogP contribution in [0, 0.1) is 29.4 Å². The summed E-state index contributed by atoms with van der Waals surface area (Å²) < 4.78 is 32.8. The zero-order chi connectivity index (χ0) is 28.6. The third-order valence-electron chi connectivity index (χ3n) is 6.05. The lowest BCUT2D eigenvalue weighted by atomic mass is 9.75. The molecule has 2 rings (SSSR count). The molecule has 0 spiro atoms. The molecule has 0 bridgehead atoms. The van der Waals surface area contributed by atoms with Gasteiger partial charge in [0.05, 0.1) is 6.10 Å². The molecule has 206 valence electrons. The zero-order valence-electron chi connectivity index (χ0n) is 23.4. The van der Waals surface area contributed by atoms with Crippen LogP contribution in [0.1, 0.15) is 72.4 Å². The van der Waals surface area contributed by atoms with Crippen LogP contribution in [-0.4, -0.2) is 28.6 Å². The maximum absolute atomic E-state index is 13.8. The van der Waals surface area contributed by atoms with Crippen LogP contribution in [-0.2, 0) is 14.3 Å². The van der Waals surface area contributed by atoms with Crippen molar-refractivity contribution < 1.29 is 28.2 Å². The highest BCUT2D eigenvalue weighted by atomic mass is 19.1. The molecule has 38 heavy (non-hydrogen) atoms. The molecule has 0 amide bonds. The van der Waals surface area contributed by atoms with E-state index in [9.17, 15) is 23.5 Å². The van der Waals surface area contributed by atoms with Crippen LogP contribution in [0.15, 0.2) is 66.3 Å². The van der Waals surface area contributed by atoms with E-state index in [1.807, 2.05) is 0 Å². The summed E-state index contributed by atoms with van der Waals surface area (Å²) >= 11 is 0. The van der Waals surface area contributed by atoms with Crippen molar-refractivity contribution in [3.63, 3.8) is 0 Å². The molecule has 4 nitrogen and oxygen atoms in total. The molecule has 0 aliphatic heterocycles. The fourth-order valence-electron chi connectivity index (χ4n) is 4.71. The minimum atomic E-state index is -1.12. The number of ketones is 1. The quantitative estimate of drug-likeness (QED) is 0.190. The molecule has 0 saturated carbocycles. The third kappa shape index (κ3) is 9.64. The van der Waals surface area contributed by atoms with Crippen molar-refractivity contribution in [2.24, 2.45) is 17.8 Å². The molecule has 0 aromatic heterocycles. The van der Waals surface area contributed by atoms with Gasteiger partial charge in [0.2, 0.25) is 0 Å². The number of aliphatic hydroxyl groups is 1. The summed E-state index contributed by atoms with van der Waals surface area (Å²) in [5.74, 6) is -1.36. The number of carbonyl (C=O) groups is 2. The van der Waals surface area contributed by atoms with Gasteiger partial charge in [-0.3, -0.25) is 9.59 Å². The van der Waals surface area contributed by atoms with E-state index in [0.29, 0.717) is 0 Å². The molecule has 0 aliphatic carbocycles. The van der Waals surface area contributed by atoms with E-state index < -0.39 is 29.9 Å². The molecule has 1 atom stereocenters. The Hall–Kier alpha value is -3.12. The SMILES string of the molecule is CC(C)C(C(C=CC(O)CC(=O)CC(=O)OC(C)(C)C)=C(c1ccc(F)cc1)c1ccc(F)cc1)C(C)C. The molecule has 2 aromatic carbocycles. The number of hydrogen-bond donors (Lipinski definition) is 1. The van der Waals surface area contributed by atoms with E-state index in [1.54, 1.807) is 57.2 Å². The van der Waals surface area contributed by atoms with Crippen LogP contribution >= 0.6 is 0 Å². The number of esters is 1. The summed E-state index contributed by atoms with van der Waals surface area (Å²) in [7, 11) is 0. The second-order valence-corrected chi connectivity index (χ2v) is 11.3. The van der Waals surface area contributed by atoms with Crippen LogP contribution in [0.2, 0.25) is 0 Å². The molecule has 0 saturated heterocycles. The maximum atomic E-state index is 13.8. The largest absolute Gasteiger partial charge is 0.460 e. The van der Waals surface area contributed by atoms with Gasteiger partial charge in [-0.2, -0.15) is 0 Å². The van der Waals surface area contributed by atoms with E-state index >= 15 is 0 Å². The molecule has 0 fully saturated rings. The first-order valence-corrected chi connectivity index (χ1v) is 13.0. The highest BCUT2D eigenvalue weighted by Crippen LogP contribution is 2.38. The number of benzene rings is 2. The summed E-state index contributed by atoms with van der Waals surface area (Å²) in [5.41, 5.74) is 2.47. The second-order valence-electron chi connectivity index (χ2n) is 11.3. The maximum Gasteiger partial charge on any atom is 0.313 e. The van der Waals surface area contributed by atoms with E-state index in [1.165, 1.54) is 24.3 Å². The summed E-state index contributed by atoms with van der Waals surface area (Å²) in [6, 6.07) is 12.2. The summed E-state index contributed by atoms with van der Waals surface area (Å²) in [4.78, 5) is 24.4. The zero-order valence-corrected chi connectivity index (χ0v) is 23.4. The fraction of sp³-hybridized carbons (Fsp3) is 0.438. The molecule has 2 aromatic rings. The van der Waals surface area contributed by atoms with Crippen LogP contribution in [0.4, 0.5) is 8.78 Å². The minimum absolute atomic E-state index is 0.0287. The first-order chi connectivity index (χ1) is 17.7. The Bertz CT molecular complexity index is 1080. The van der Waals surface area contributed by atoms with Gasteiger partial charge in [-0.1, -0.05) is 64.1 Å². The van der Waals surface area contributed by atoms with E-state index in [2.05, 4.69) is 27.7 Å². The van der Waals surface area contributed by atoms with Crippen LogP contribution in [0.25, 0.3) is 5.57 Å². The highest BCUT2D eigenvalue weighted by molar-refractivity contribution is 5.96. The number of allylic oxidation sites excluding steroid dienone is 2. The van der Waals surface area contributed by atoms with Crippen molar-refractivity contribution in [1.82, 2.24) is 0 Å². The number of aliphatic hydroxyl groups excluding tert-OH is 1. The molecule has 0 aliphatic rings. The highest BCUT2D eigenvalue weighted by Gasteiger charge is 2.26. The van der Waals surface area contributed by atoms with Crippen molar-refractivity contribution in [2.45, 2.75) is 73.0 Å². The lowest BCUT2D eigenvalue weighted by Crippen LogP contribution is -2.26. The predicted molar refractivity (Wildman–Crippen MR) is 147 cm³/mol. The van der Waals surface area contributed by atoms with Crippen molar-refractivity contribution in [3.05, 3.63) is 89.0 Å². The van der Waals surface area contributed by atoms with Gasteiger partial charge < -0.3 is 9.84 Å². The van der Waals surface area contributed by atoms with Crippen LogP contribution < -0.4 is 0 Å². The number of carbonyl (C=O) groups excluding carboxylic acids is 2. The van der Waals surface area contributed by atoms with Gasteiger partial charge >= 0.3 is 5.97 Å². The molecular weight excluding hydrogens is 486 g/mol. The molecule has 1 unspecified atom stereocenters. The average molecular weight is 527 g/mol. The Kier molecular flexibility index (Phi) is 11.1. The van der Waals surface area contributed by atoms with Gasteiger partial charge in [0, 0.05) is 6.42 Å². The summed E-state index contributed by atoms with van der Waals surface area (Å²) in [5, 5.41) is 10.7. The first-order valence-electron chi connectivity index (χ1n) is 13.0. The van der Waals surface area contributed by atoms with Crippen LogP contribution in [0.5, 0.6) is 0 Å². The van der Waals surface area contributed by atoms with Crippen molar-refractivity contribution >= 4 is 17.3 Å². The summed E-state index contributed by atoms with van der Waals surface area (Å²) in [6.07, 6.45) is 1.58. The number of Topliss-reactive ketones (excluding diaryl/α,β-unsaturated/α-hetero) is 1. The second kappa shape index (κ2) is 13.6. The predicted octanol–water partition coefficient (Wildman–Crippen LogP) is 7.30. The van der Waals surface area contributed by atoms with E-state index in [4.69, 9.17) is 4.74 Å². The van der Waals surface area contributed by atoms with Gasteiger partial charge in [0.15, 0.2) is 0 Å². The van der Waals surface area contributed by atoms with E-state index in [-0.39, 0.29) is 35.8 Å². The number of ether oxygens (including phenoxy) is 1. The third-order valence-corrected chi connectivity index (χ3v) is 6.05. The number of rotatable bonds is 11. The van der Waals surface area contributed by atoms with Gasteiger partial charge in [-0.15, -0.1) is 0 Å². The smallest absolute Gasteiger partial charge is 0.313 e. The van der Waals surface area contributed by atoms with Gasteiger partial charge in [0.1, 0.15) is 29.4 Å². The monoisotopic (exact) mass is 526 g/mol. The normalized spacial score (nSPS) is 12.9.